The predicted octanol–water partition coefficient (Wildman–Crippen LogP) is 3.82. The van der Waals surface area contributed by atoms with Gasteiger partial charge in [0.2, 0.25) is 5.91 Å². The summed E-state index contributed by atoms with van der Waals surface area (Å²) in [5.41, 5.74) is 3.52. The number of amides is 1. The quantitative estimate of drug-likeness (QED) is 0.614. The fraction of sp³-hybridized carbons (Fsp3) is 0.286. The maximum Gasteiger partial charge on any atom is 0.248 e. The van der Waals surface area contributed by atoms with Crippen molar-refractivity contribution >= 4 is 16.8 Å². The molecule has 25 heavy (non-hydrogen) atoms. The highest BCUT2D eigenvalue weighted by Crippen LogP contribution is 2.18. The molecular weight excluding hydrogens is 312 g/mol. The highest BCUT2D eigenvalue weighted by Gasteiger charge is 2.12. The largest absolute Gasteiger partial charge is 0.364 e. The van der Waals surface area contributed by atoms with Crippen LogP contribution in [0.5, 0.6) is 0 Å². The molecule has 0 saturated heterocycles. The van der Waals surface area contributed by atoms with Crippen LogP contribution in [-0.4, -0.2) is 23.5 Å². The Balaban J connectivity index is 1.38. The predicted molar refractivity (Wildman–Crippen MR) is 100 cm³/mol. The van der Waals surface area contributed by atoms with Gasteiger partial charge in [-0.1, -0.05) is 48.5 Å². The molecule has 4 nitrogen and oxygen atoms in total. The Hall–Kier alpha value is -2.59. The third kappa shape index (κ3) is 4.70. The van der Waals surface area contributed by atoms with E-state index in [9.17, 15) is 4.79 Å². The maximum absolute atomic E-state index is 12.1. The van der Waals surface area contributed by atoms with Crippen molar-refractivity contribution in [3.63, 3.8) is 0 Å². The lowest BCUT2D eigenvalue weighted by Gasteiger charge is -2.13. The van der Waals surface area contributed by atoms with Gasteiger partial charge in [0.05, 0.1) is 6.61 Å². The summed E-state index contributed by atoms with van der Waals surface area (Å²) in [5, 5.41) is 4.21. The van der Waals surface area contributed by atoms with Crippen LogP contribution in [-0.2, 0) is 22.6 Å². The van der Waals surface area contributed by atoms with Gasteiger partial charge in [-0.05, 0) is 37.0 Å². The lowest BCUT2D eigenvalue weighted by Crippen LogP contribution is -2.35. The molecule has 2 aromatic carbocycles. The molecule has 4 heteroatoms. The fourth-order valence-corrected chi connectivity index (χ4v) is 2.84. The molecule has 1 heterocycles. The van der Waals surface area contributed by atoms with E-state index in [-0.39, 0.29) is 5.91 Å². The van der Waals surface area contributed by atoms with E-state index in [0.29, 0.717) is 13.2 Å². The Kier molecular flexibility index (Phi) is 5.86. The summed E-state index contributed by atoms with van der Waals surface area (Å²) in [7, 11) is 0. The van der Waals surface area contributed by atoms with Gasteiger partial charge in [-0.2, -0.15) is 0 Å². The normalized spacial score (nSPS) is 12.2. The van der Waals surface area contributed by atoms with Crippen molar-refractivity contribution in [3.8, 4) is 0 Å². The van der Waals surface area contributed by atoms with Crippen molar-refractivity contribution in [2.75, 3.05) is 6.54 Å². The van der Waals surface area contributed by atoms with Crippen LogP contribution < -0.4 is 5.32 Å². The second kappa shape index (κ2) is 8.49. The molecular formula is C21H24N2O2. The zero-order chi connectivity index (χ0) is 17.5. The van der Waals surface area contributed by atoms with Crippen LogP contribution in [0, 0.1) is 0 Å². The number of carbonyl (C=O) groups excluding carboxylic acids is 1. The average molecular weight is 336 g/mol. The molecule has 130 valence electrons. The van der Waals surface area contributed by atoms with Gasteiger partial charge in [0.15, 0.2) is 0 Å². The number of aromatic amines is 1. The summed E-state index contributed by atoms with van der Waals surface area (Å²) >= 11 is 0. The number of rotatable bonds is 8. The molecule has 0 bridgehead atoms. The molecule has 0 radical (unpaired) electrons. The number of benzene rings is 2. The second-order valence-corrected chi connectivity index (χ2v) is 6.19. The molecule has 2 N–H and O–H groups in total. The van der Waals surface area contributed by atoms with Crippen molar-refractivity contribution in [2.24, 2.45) is 0 Å². The number of ether oxygens (including phenoxy) is 1. The van der Waals surface area contributed by atoms with Gasteiger partial charge in [0, 0.05) is 23.6 Å². The molecule has 1 atom stereocenters. The number of aromatic nitrogens is 1. The van der Waals surface area contributed by atoms with Crippen molar-refractivity contribution < 1.29 is 9.53 Å². The Labute approximate surface area is 148 Å². The Morgan fingerprint density at radius 2 is 1.88 bits per heavy atom. The Morgan fingerprint density at radius 3 is 2.72 bits per heavy atom. The number of hydrogen-bond donors (Lipinski definition) is 2. The van der Waals surface area contributed by atoms with E-state index in [4.69, 9.17) is 4.74 Å². The van der Waals surface area contributed by atoms with Gasteiger partial charge in [-0.3, -0.25) is 4.79 Å². The van der Waals surface area contributed by atoms with Crippen molar-refractivity contribution in [1.29, 1.82) is 0 Å². The van der Waals surface area contributed by atoms with Crippen LogP contribution in [0.3, 0.4) is 0 Å². The van der Waals surface area contributed by atoms with E-state index in [0.717, 1.165) is 23.9 Å². The van der Waals surface area contributed by atoms with E-state index in [1.54, 1.807) is 6.92 Å². The third-order valence-corrected chi connectivity index (χ3v) is 4.31. The van der Waals surface area contributed by atoms with Crippen LogP contribution in [0.2, 0.25) is 0 Å². The SMILES string of the molecule is CC(OCc1ccccc1)C(=O)NCCCc1c[nH]c2ccccc12. The smallest absolute Gasteiger partial charge is 0.248 e. The monoisotopic (exact) mass is 336 g/mol. The van der Waals surface area contributed by atoms with Crippen LogP contribution in [0.15, 0.2) is 60.8 Å². The van der Waals surface area contributed by atoms with Crippen molar-refractivity contribution in [3.05, 3.63) is 71.9 Å². The zero-order valence-corrected chi connectivity index (χ0v) is 14.5. The standard InChI is InChI=1S/C21H24N2O2/c1-16(25-15-17-8-3-2-4-9-17)21(24)22-13-7-10-18-14-23-20-12-6-5-11-19(18)20/h2-6,8-9,11-12,14,16,23H,7,10,13,15H2,1H3,(H,22,24). The van der Waals surface area contributed by atoms with Crippen molar-refractivity contribution in [1.82, 2.24) is 10.3 Å². The summed E-state index contributed by atoms with van der Waals surface area (Å²) in [6, 6.07) is 18.2. The number of carbonyl (C=O) groups is 1. The summed E-state index contributed by atoms with van der Waals surface area (Å²) in [5.74, 6) is -0.0603. The van der Waals surface area contributed by atoms with Gasteiger partial charge < -0.3 is 15.0 Å². The minimum Gasteiger partial charge on any atom is -0.364 e. The zero-order valence-electron chi connectivity index (χ0n) is 14.5. The molecule has 0 saturated carbocycles. The minimum absolute atomic E-state index is 0.0603. The van der Waals surface area contributed by atoms with E-state index in [2.05, 4.69) is 28.6 Å². The first-order chi connectivity index (χ1) is 12.2. The van der Waals surface area contributed by atoms with Gasteiger partial charge in [-0.25, -0.2) is 0 Å². The Morgan fingerprint density at radius 1 is 1.12 bits per heavy atom. The van der Waals surface area contributed by atoms with Gasteiger partial charge >= 0.3 is 0 Å². The van der Waals surface area contributed by atoms with Crippen molar-refractivity contribution in [2.45, 2.75) is 32.5 Å². The summed E-state index contributed by atoms with van der Waals surface area (Å²) in [6.07, 6.45) is 3.44. The first-order valence-corrected chi connectivity index (χ1v) is 8.72. The second-order valence-electron chi connectivity index (χ2n) is 6.19. The molecule has 1 unspecified atom stereocenters. The van der Waals surface area contributed by atoms with E-state index >= 15 is 0 Å². The number of para-hydroxylation sites is 1. The summed E-state index contributed by atoms with van der Waals surface area (Å²) < 4.78 is 5.63. The highest BCUT2D eigenvalue weighted by molar-refractivity contribution is 5.83. The van der Waals surface area contributed by atoms with E-state index < -0.39 is 6.10 Å². The number of nitrogens with one attached hydrogen (secondary N) is 2. The molecule has 0 aliphatic rings. The fourth-order valence-electron chi connectivity index (χ4n) is 2.84. The average Bonchev–Trinajstić information content (AvgIpc) is 3.07. The highest BCUT2D eigenvalue weighted by atomic mass is 16.5. The van der Waals surface area contributed by atoms with Crippen LogP contribution in [0.25, 0.3) is 10.9 Å². The number of H-pyrrole nitrogens is 1. The Bertz CT molecular complexity index is 811. The minimum atomic E-state index is -0.451. The lowest BCUT2D eigenvalue weighted by atomic mass is 10.1. The molecule has 0 aliphatic heterocycles. The first-order valence-electron chi connectivity index (χ1n) is 8.72. The molecule has 3 aromatic rings. The number of fused-ring (bicyclic) bond motifs is 1. The van der Waals surface area contributed by atoms with E-state index in [1.165, 1.54) is 10.9 Å². The molecule has 0 fully saturated rings. The summed E-state index contributed by atoms with van der Waals surface area (Å²) in [4.78, 5) is 15.4. The van der Waals surface area contributed by atoms with E-state index in [1.807, 2.05) is 42.5 Å². The van der Waals surface area contributed by atoms with Gasteiger partial charge in [0.25, 0.3) is 0 Å². The first kappa shape index (κ1) is 17.2. The molecule has 3 rings (SSSR count). The molecule has 1 aromatic heterocycles. The topological polar surface area (TPSA) is 54.1 Å². The van der Waals surface area contributed by atoms with Crippen LogP contribution >= 0.6 is 0 Å². The number of aryl methyl sites for hydroxylation is 1. The molecule has 1 amide bonds. The molecule has 0 aliphatic carbocycles. The van der Waals surface area contributed by atoms with Crippen LogP contribution in [0.1, 0.15) is 24.5 Å². The van der Waals surface area contributed by atoms with Gasteiger partial charge in [0.1, 0.15) is 6.10 Å². The maximum atomic E-state index is 12.1. The summed E-state index contributed by atoms with van der Waals surface area (Å²) in [6.45, 7) is 2.89. The molecule has 0 spiro atoms. The lowest BCUT2D eigenvalue weighted by molar-refractivity contribution is -0.132. The van der Waals surface area contributed by atoms with Crippen LogP contribution in [0.4, 0.5) is 0 Å². The third-order valence-electron chi connectivity index (χ3n) is 4.31. The van der Waals surface area contributed by atoms with Gasteiger partial charge in [-0.15, -0.1) is 0 Å². The number of hydrogen-bond acceptors (Lipinski definition) is 2.